The number of hydrogen-bond donors (Lipinski definition) is 1. The Labute approximate surface area is 116 Å². The summed E-state index contributed by atoms with van der Waals surface area (Å²) < 4.78 is 0. The number of nitrogen functional groups attached to an aromatic ring is 1. The van der Waals surface area contributed by atoms with Crippen molar-refractivity contribution in [3.8, 4) is 0 Å². The summed E-state index contributed by atoms with van der Waals surface area (Å²) in [6.45, 7) is 1.80. The van der Waals surface area contributed by atoms with Crippen molar-refractivity contribution in [3.05, 3.63) is 30.0 Å². The zero-order valence-corrected chi connectivity index (χ0v) is 11.2. The van der Waals surface area contributed by atoms with Gasteiger partial charge in [0, 0.05) is 23.9 Å². The minimum atomic E-state index is -0.167. The van der Waals surface area contributed by atoms with Crippen LogP contribution in [0.15, 0.2) is 24.3 Å². The van der Waals surface area contributed by atoms with Crippen LogP contribution < -0.4 is 10.6 Å². The second-order valence-corrected chi connectivity index (χ2v) is 4.98. The molecule has 1 aliphatic rings. The average Bonchev–Trinajstić information content (AvgIpc) is 2.40. The second kappa shape index (κ2) is 4.59. The number of amides is 2. The number of piperidine rings is 1. The predicted octanol–water partition coefficient (Wildman–Crippen LogP) is 2.17. The van der Waals surface area contributed by atoms with Crippen molar-refractivity contribution >= 4 is 34.1 Å². The van der Waals surface area contributed by atoms with Gasteiger partial charge in [0.2, 0.25) is 11.8 Å². The monoisotopic (exact) mass is 269 g/mol. The first kappa shape index (κ1) is 12.6. The number of aromatic nitrogens is 1. The van der Waals surface area contributed by atoms with Crippen LogP contribution in [0.25, 0.3) is 10.9 Å². The largest absolute Gasteiger partial charge is 0.398 e. The lowest BCUT2D eigenvalue weighted by atomic mass is 10.1. The topological polar surface area (TPSA) is 76.3 Å². The van der Waals surface area contributed by atoms with Gasteiger partial charge in [0.25, 0.3) is 0 Å². The first-order valence-electron chi connectivity index (χ1n) is 6.59. The van der Waals surface area contributed by atoms with Crippen LogP contribution in [0.2, 0.25) is 0 Å². The average molecular weight is 269 g/mol. The number of nitrogens with two attached hydrogens (primary N) is 1. The molecule has 1 fully saturated rings. The number of imide groups is 1. The summed E-state index contributed by atoms with van der Waals surface area (Å²) in [5, 5.41) is 0.763. The van der Waals surface area contributed by atoms with Crippen molar-refractivity contribution in [2.24, 2.45) is 0 Å². The molecular weight excluding hydrogens is 254 g/mol. The van der Waals surface area contributed by atoms with Crippen LogP contribution in [-0.2, 0) is 9.59 Å². The number of fused-ring (bicyclic) bond motifs is 1. The molecule has 0 radical (unpaired) electrons. The van der Waals surface area contributed by atoms with Crippen LogP contribution in [0, 0.1) is 6.92 Å². The SMILES string of the molecule is Cc1nc2cccc(N)c2cc1N1C(=O)CCCC1=O. The van der Waals surface area contributed by atoms with Crippen molar-refractivity contribution in [2.45, 2.75) is 26.2 Å². The van der Waals surface area contributed by atoms with Gasteiger partial charge < -0.3 is 5.73 Å². The second-order valence-electron chi connectivity index (χ2n) is 4.98. The molecule has 20 heavy (non-hydrogen) atoms. The van der Waals surface area contributed by atoms with E-state index in [1.165, 1.54) is 4.90 Å². The van der Waals surface area contributed by atoms with Crippen molar-refractivity contribution < 1.29 is 9.59 Å². The Hall–Kier alpha value is -2.43. The van der Waals surface area contributed by atoms with Crippen molar-refractivity contribution in [1.82, 2.24) is 4.98 Å². The number of hydrogen-bond acceptors (Lipinski definition) is 4. The van der Waals surface area contributed by atoms with Gasteiger partial charge >= 0.3 is 0 Å². The zero-order chi connectivity index (χ0) is 14.3. The van der Waals surface area contributed by atoms with Gasteiger partial charge in [0.1, 0.15) is 0 Å². The fourth-order valence-electron chi connectivity index (χ4n) is 2.55. The standard InChI is InChI=1S/C15H15N3O2/c1-9-13(18-14(19)6-3-7-15(18)20)8-10-11(16)4-2-5-12(10)17-9/h2,4-5,8H,3,6-7,16H2,1H3. The Morgan fingerprint density at radius 1 is 1.20 bits per heavy atom. The van der Waals surface area contributed by atoms with Crippen LogP contribution in [0.5, 0.6) is 0 Å². The molecule has 1 saturated heterocycles. The third-order valence-corrected chi connectivity index (χ3v) is 3.58. The Morgan fingerprint density at radius 3 is 2.60 bits per heavy atom. The van der Waals surface area contributed by atoms with Crippen LogP contribution in [-0.4, -0.2) is 16.8 Å². The molecule has 3 rings (SSSR count). The molecule has 1 aliphatic heterocycles. The number of benzene rings is 1. The third-order valence-electron chi connectivity index (χ3n) is 3.58. The summed E-state index contributed by atoms with van der Waals surface area (Å²) in [4.78, 5) is 29.8. The quantitative estimate of drug-likeness (QED) is 0.636. The van der Waals surface area contributed by atoms with Crippen molar-refractivity contribution in [2.75, 3.05) is 10.6 Å². The van der Waals surface area contributed by atoms with Gasteiger partial charge in [-0.1, -0.05) is 6.07 Å². The first-order valence-corrected chi connectivity index (χ1v) is 6.59. The van der Waals surface area contributed by atoms with E-state index in [9.17, 15) is 9.59 Å². The van der Waals surface area contributed by atoms with Crippen molar-refractivity contribution in [3.63, 3.8) is 0 Å². The van der Waals surface area contributed by atoms with Gasteiger partial charge in [-0.15, -0.1) is 0 Å². The Kier molecular flexibility index (Phi) is 2.89. The van der Waals surface area contributed by atoms with Crippen LogP contribution >= 0.6 is 0 Å². The van der Waals surface area contributed by atoms with Gasteiger partial charge in [-0.25, -0.2) is 4.90 Å². The number of carbonyl (C=O) groups excluding carboxylic acids is 2. The summed E-state index contributed by atoms with van der Waals surface area (Å²) in [7, 11) is 0. The number of pyridine rings is 1. The van der Waals surface area contributed by atoms with E-state index in [2.05, 4.69) is 4.98 Å². The molecule has 2 N–H and O–H groups in total. The summed E-state index contributed by atoms with van der Waals surface area (Å²) in [5.41, 5.74) is 8.51. The van der Waals surface area contributed by atoms with Gasteiger partial charge in [0.05, 0.1) is 16.9 Å². The number of carbonyl (C=O) groups is 2. The van der Waals surface area contributed by atoms with Gasteiger partial charge in [-0.3, -0.25) is 14.6 Å². The highest BCUT2D eigenvalue weighted by Gasteiger charge is 2.29. The molecule has 0 atom stereocenters. The van der Waals surface area contributed by atoms with Gasteiger partial charge in [-0.05, 0) is 31.5 Å². The van der Waals surface area contributed by atoms with E-state index in [0.29, 0.717) is 36.3 Å². The van der Waals surface area contributed by atoms with Gasteiger partial charge in [-0.2, -0.15) is 0 Å². The molecule has 5 heteroatoms. The summed E-state index contributed by atoms with van der Waals surface area (Å²) in [6.07, 6.45) is 1.41. The Balaban J connectivity index is 2.20. The lowest BCUT2D eigenvalue weighted by molar-refractivity contribution is -0.129. The van der Waals surface area contributed by atoms with E-state index >= 15 is 0 Å². The molecule has 0 saturated carbocycles. The Bertz CT molecular complexity index is 708. The maximum absolute atomic E-state index is 12.0. The normalized spacial score (nSPS) is 15.9. The summed E-state index contributed by atoms with van der Waals surface area (Å²) >= 11 is 0. The minimum Gasteiger partial charge on any atom is -0.398 e. The number of rotatable bonds is 1. The van der Waals surface area contributed by atoms with Crippen LogP contribution in [0.4, 0.5) is 11.4 Å². The van der Waals surface area contributed by atoms with E-state index in [1.807, 2.05) is 12.1 Å². The van der Waals surface area contributed by atoms with E-state index in [4.69, 9.17) is 5.73 Å². The molecule has 2 aromatic rings. The summed E-state index contributed by atoms with van der Waals surface area (Å²) in [6, 6.07) is 7.26. The molecule has 1 aromatic carbocycles. The molecule has 0 aliphatic carbocycles. The molecule has 0 bridgehead atoms. The molecule has 102 valence electrons. The maximum Gasteiger partial charge on any atom is 0.233 e. The maximum atomic E-state index is 12.0. The first-order chi connectivity index (χ1) is 9.58. The highest BCUT2D eigenvalue weighted by molar-refractivity contribution is 6.17. The van der Waals surface area contributed by atoms with E-state index in [1.54, 1.807) is 19.1 Å². The third kappa shape index (κ3) is 1.91. The zero-order valence-electron chi connectivity index (χ0n) is 11.2. The van der Waals surface area contributed by atoms with E-state index in [-0.39, 0.29) is 11.8 Å². The minimum absolute atomic E-state index is 0.167. The van der Waals surface area contributed by atoms with Gasteiger partial charge in [0.15, 0.2) is 0 Å². The molecule has 5 nitrogen and oxygen atoms in total. The number of aryl methyl sites for hydroxylation is 1. The summed E-state index contributed by atoms with van der Waals surface area (Å²) in [5.74, 6) is -0.333. The lowest BCUT2D eigenvalue weighted by Gasteiger charge is -2.26. The Morgan fingerprint density at radius 2 is 1.90 bits per heavy atom. The van der Waals surface area contributed by atoms with Crippen LogP contribution in [0.1, 0.15) is 25.0 Å². The fraction of sp³-hybridized carbons (Fsp3) is 0.267. The van der Waals surface area contributed by atoms with E-state index < -0.39 is 0 Å². The number of nitrogens with zero attached hydrogens (tertiary/aromatic N) is 2. The van der Waals surface area contributed by atoms with Crippen LogP contribution in [0.3, 0.4) is 0 Å². The fourth-order valence-corrected chi connectivity index (χ4v) is 2.55. The van der Waals surface area contributed by atoms with Crippen molar-refractivity contribution in [1.29, 1.82) is 0 Å². The highest BCUT2D eigenvalue weighted by atomic mass is 16.2. The predicted molar refractivity (Wildman–Crippen MR) is 77.2 cm³/mol. The molecule has 0 spiro atoms. The van der Waals surface area contributed by atoms with E-state index in [0.717, 1.165) is 10.9 Å². The molecule has 0 unspecified atom stereocenters. The molecular formula is C15H15N3O2. The number of anilines is 2. The molecule has 2 heterocycles. The smallest absolute Gasteiger partial charge is 0.233 e. The molecule has 2 amide bonds. The lowest BCUT2D eigenvalue weighted by Crippen LogP contribution is -2.40. The molecule has 1 aromatic heterocycles. The highest BCUT2D eigenvalue weighted by Crippen LogP contribution is 2.30.